The molecule has 2 aromatic heterocycles. The van der Waals surface area contributed by atoms with Gasteiger partial charge in [-0.2, -0.15) is 5.10 Å². The molecule has 1 aliphatic carbocycles. The summed E-state index contributed by atoms with van der Waals surface area (Å²) in [6, 6.07) is 11.0. The van der Waals surface area contributed by atoms with E-state index in [1.807, 2.05) is 24.3 Å². The molecule has 3 atom stereocenters. The van der Waals surface area contributed by atoms with Crippen LogP contribution in [-0.4, -0.2) is 20.7 Å². The molecule has 1 saturated carbocycles. The molecular weight excluding hydrogens is 342 g/mol. The molecule has 0 saturated heterocycles. The van der Waals surface area contributed by atoms with Crippen LogP contribution in [0, 0.1) is 5.92 Å². The van der Waals surface area contributed by atoms with Crippen LogP contribution in [0.3, 0.4) is 0 Å². The Hall–Kier alpha value is -2.60. The van der Waals surface area contributed by atoms with Crippen molar-refractivity contribution in [3.8, 4) is 0 Å². The van der Waals surface area contributed by atoms with E-state index in [1.165, 1.54) is 6.33 Å². The third kappa shape index (κ3) is 3.58. The lowest BCUT2D eigenvalue weighted by Crippen LogP contribution is -2.18. The first-order valence-corrected chi connectivity index (χ1v) is 8.40. The van der Waals surface area contributed by atoms with Gasteiger partial charge in [0.15, 0.2) is 0 Å². The van der Waals surface area contributed by atoms with Crippen LogP contribution in [-0.2, 0) is 16.1 Å². The SMILES string of the molecule is O=C(OC(Cn1cncn1)c1ccc(Cl)cc1)C1CC1c1ccco1. The van der Waals surface area contributed by atoms with Crippen molar-refractivity contribution in [3.63, 3.8) is 0 Å². The van der Waals surface area contributed by atoms with Crippen molar-refractivity contribution in [2.45, 2.75) is 25.0 Å². The molecule has 6 nitrogen and oxygen atoms in total. The van der Waals surface area contributed by atoms with Crippen molar-refractivity contribution in [1.29, 1.82) is 0 Å². The van der Waals surface area contributed by atoms with Crippen LogP contribution in [0.4, 0.5) is 0 Å². The van der Waals surface area contributed by atoms with E-state index in [4.69, 9.17) is 20.8 Å². The Morgan fingerprint density at radius 1 is 1.36 bits per heavy atom. The van der Waals surface area contributed by atoms with Crippen molar-refractivity contribution in [1.82, 2.24) is 14.8 Å². The van der Waals surface area contributed by atoms with Gasteiger partial charge < -0.3 is 9.15 Å². The first-order chi connectivity index (χ1) is 12.2. The molecule has 128 valence electrons. The Kier molecular flexibility index (Phi) is 4.28. The van der Waals surface area contributed by atoms with Gasteiger partial charge in [0.25, 0.3) is 0 Å². The van der Waals surface area contributed by atoms with E-state index < -0.39 is 6.10 Å². The van der Waals surface area contributed by atoms with Gasteiger partial charge in [0.2, 0.25) is 0 Å². The van der Waals surface area contributed by atoms with Crippen LogP contribution in [0.1, 0.15) is 29.8 Å². The van der Waals surface area contributed by atoms with Crippen molar-refractivity contribution in [2.24, 2.45) is 5.92 Å². The Balaban J connectivity index is 1.48. The topological polar surface area (TPSA) is 70.2 Å². The molecule has 3 aromatic rings. The number of carbonyl (C=O) groups excluding carboxylic acids is 1. The molecule has 0 N–H and O–H groups in total. The molecule has 1 aliphatic rings. The zero-order valence-corrected chi connectivity index (χ0v) is 14.0. The fourth-order valence-corrected chi connectivity index (χ4v) is 3.01. The molecule has 3 unspecified atom stereocenters. The molecule has 4 rings (SSSR count). The fraction of sp³-hybridized carbons (Fsp3) is 0.278. The maximum Gasteiger partial charge on any atom is 0.310 e. The quantitative estimate of drug-likeness (QED) is 0.630. The molecule has 1 fully saturated rings. The van der Waals surface area contributed by atoms with Crippen molar-refractivity contribution < 1.29 is 13.9 Å². The number of furan rings is 1. The van der Waals surface area contributed by atoms with Crippen LogP contribution in [0.15, 0.2) is 59.7 Å². The third-order valence-corrected chi connectivity index (χ3v) is 4.57. The van der Waals surface area contributed by atoms with Crippen LogP contribution in [0.5, 0.6) is 0 Å². The fourth-order valence-electron chi connectivity index (χ4n) is 2.88. The van der Waals surface area contributed by atoms with Gasteiger partial charge in [-0.25, -0.2) is 9.67 Å². The summed E-state index contributed by atoms with van der Waals surface area (Å²) in [4.78, 5) is 16.5. The molecular formula is C18H16ClN3O3. The first kappa shape index (κ1) is 15.9. The summed E-state index contributed by atoms with van der Waals surface area (Å²) in [7, 11) is 0. The summed E-state index contributed by atoms with van der Waals surface area (Å²) in [5.74, 6) is 0.569. The van der Waals surface area contributed by atoms with E-state index in [0.717, 1.165) is 17.7 Å². The zero-order valence-electron chi connectivity index (χ0n) is 13.3. The second-order valence-corrected chi connectivity index (χ2v) is 6.50. The van der Waals surface area contributed by atoms with E-state index >= 15 is 0 Å². The van der Waals surface area contributed by atoms with Gasteiger partial charge in [-0.1, -0.05) is 23.7 Å². The Bertz CT molecular complexity index is 831. The standard InChI is InChI=1S/C18H16ClN3O3/c19-13-5-3-12(4-6-13)17(9-22-11-20-10-21-22)25-18(23)15-8-14(15)16-2-1-7-24-16/h1-7,10-11,14-15,17H,8-9H2. The van der Waals surface area contributed by atoms with Crippen molar-refractivity contribution in [2.75, 3.05) is 0 Å². The predicted octanol–water partition coefficient (Wildman–Crippen LogP) is 3.61. The second-order valence-electron chi connectivity index (χ2n) is 6.06. The molecule has 7 heteroatoms. The van der Waals surface area contributed by atoms with E-state index in [0.29, 0.717) is 11.6 Å². The average molecular weight is 358 g/mol. The summed E-state index contributed by atoms with van der Waals surface area (Å²) in [5.41, 5.74) is 0.864. The number of rotatable bonds is 6. The highest BCUT2D eigenvalue weighted by atomic mass is 35.5. The van der Waals surface area contributed by atoms with Gasteiger partial charge in [-0.05, 0) is 36.2 Å². The number of carbonyl (C=O) groups is 1. The van der Waals surface area contributed by atoms with Gasteiger partial charge in [0.05, 0.1) is 18.7 Å². The highest BCUT2D eigenvalue weighted by Crippen LogP contribution is 2.48. The summed E-state index contributed by atoms with van der Waals surface area (Å²) >= 11 is 5.96. The average Bonchev–Trinajstić information content (AvgIpc) is 3.01. The highest BCUT2D eigenvalue weighted by Gasteiger charge is 2.47. The number of hydrogen-bond acceptors (Lipinski definition) is 5. The van der Waals surface area contributed by atoms with Gasteiger partial charge in [-0.3, -0.25) is 4.79 Å². The van der Waals surface area contributed by atoms with E-state index in [1.54, 1.807) is 29.4 Å². The molecule has 0 amide bonds. The monoisotopic (exact) mass is 357 g/mol. The largest absolute Gasteiger partial charge is 0.469 e. The van der Waals surface area contributed by atoms with E-state index in [9.17, 15) is 4.79 Å². The number of benzene rings is 1. The number of aromatic nitrogens is 3. The lowest BCUT2D eigenvalue weighted by molar-refractivity contribution is -0.152. The molecule has 0 radical (unpaired) electrons. The first-order valence-electron chi connectivity index (χ1n) is 8.02. The smallest absolute Gasteiger partial charge is 0.310 e. The summed E-state index contributed by atoms with van der Waals surface area (Å²) < 4.78 is 12.8. The molecule has 2 heterocycles. The Morgan fingerprint density at radius 2 is 2.20 bits per heavy atom. The van der Waals surface area contributed by atoms with Crippen molar-refractivity contribution in [3.05, 3.63) is 71.7 Å². The maximum atomic E-state index is 12.6. The minimum atomic E-state index is -0.454. The second kappa shape index (κ2) is 6.72. The summed E-state index contributed by atoms with van der Waals surface area (Å²) in [6.07, 6.45) is 4.97. The zero-order chi connectivity index (χ0) is 17.2. The van der Waals surface area contributed by atoms with Crippen molar-refractivity contribution >= 4 is 17.6 Å². The van der Waals surface area contributed by atoms with Crippen LogP contribution < -0.4 is 0 Å². The number of esters is 1. The minimum absolute atomic E-state index is 0.111. The van der Waals surface area contributed by atoms with Gasteiger partial charge >= 0.3 is 5.97 Å². The molecule has 0 aliphatic heterocycles. The van der Waals surface area contributed by atoms with Gasteiger partial charge in [0, 0.05) is 10.9 Å². The number of halogens is 1. The maximum absolute atomic E-state index is 12.6. The van der Waals surface area contributed by atoms with Gasteiger partial charge in [-0.15, -0.1) is 0 Å². The molecule has 1 aromatic carbocycles. The number of hydrogen-bond donors (Lipinski definition) is 0. The van der Waals surface area contributed by atoms with Crippen LogP contribution >= 0.6 is 11.6 Å². The Labute approximate surface area is 149 Å². The van der Waals surface area contributed by atoms with E-state index in [-0.39, 0.29) is 17.8 Å². The van der Waals surface area contributed by atoms with Crippen LogP contribution in [0.25, 0.3) is 0 Å². The lowest BCUT2D eigenvalue weighted by Gasteiger charge is -2.18. The summed E-state index contributed by atoms with van der Waals surface area (Å²) in [5, 5.41) is 4.73. The lowest BCUT2D eigenvalue weighted by atomic mass is 10.1. The normalized spacial score (nSPS) is 20.2. The van der Waals surface area contributed by atoms with Gasteiger partial charge in [0.1, 0.15) is 24.5 Å². The third-order valence-electron chi connectivity index (χ3n) is 4.32. The molecule has 0 spiro atoms. The highest BCUT2D eigenvalue weighted by molar-refractivity contribution is 6.30. The Morgan fingerprint density at radius 3 is 2.88 bits per heavy atom. The molecule has 0 bridgehead atoms. The predicted molar refractivity (Wildman–Crippen MR) is 89.9 cm³/mol. The number of nitrogens with zero attached hydrogens (tertiary/aromatic N) is 3. The molecule has 25 heavy (non-hydrogen) atoms. The minimum Gasteiger partial charge on any atom is -0.469 e. The van der Waals surface area contributed by atoms with Crippen LogP contribution in [0.2, 0.25) is 5.02 Å². The number of ether oxygens (including phenoxy) is 1. The summed E-state index contributed by atoms with van der Waals surface area (Å²) in [6.45, 7) is 0.394. The van der Waals surface area contributed by atoms with E-state index in [2.05, 4.69) is 10.1 Å².